The second-order valence-corrected chi connectivity index (χ2v) is 5.32. The number of anilines is 1. The van der Waals surface area contributed by atoms with Crippen molar-refractivity contribution in [1.82, 2.24) is 4.98 Å². The van der Waals surface area contributed by atoms with Crippen molar-refractivity contribution in [3.8, 4) is 6.07 Å². The molecular formula is C18H12FN3O3. The number of oxazole rings is 1. The topological polar surface area (TPSA) is 96.0 Å². The first-order valence-electron chi connectivity index (χ1n) is 7.36. The number of hydrogen-bond acceptors (Lipinski definition) is 5. The van der Waals surface area contributed by atoms with E-state index >= 15 is 0 Å². The average molecular weight is 337 g/mol. The lowest BCUT2D eigenvalue weighted by Crippen LogP contribution is -2.13. The van der Waals surface area contributed by atoms with Crippen LogP contribution in [0.15, 0.2) is 46.9 Å². The number of fused-ring (bicyclic) bond motifs is 1. The van der Waals surface area contributed by atoms with Crippen molar-refractivity contribution in [2.75, 3.05) is 5.32 Å². The van der Waals surface area contributed by atoms with E-state index in [1.165, 1.54) is 19.1 Å². The summed E-state index contributed by atoms with van der Waals surface area (Å²) in [4.78, 5) is 27.9. The van der Waals surface area contributed by atoms with Crippen LogP contribution < -0.4 is 5.32 Å². The normalized spacial score (nSPS) is 11.7. The van der Waals surface area contributed by atoms with E-state index in [-0.39, 0.29) is 17.1 Å². The minimum Gasteiger partial charge on any atom is -0.439 e. The number of ketones is 1. The van der Waals surface area contributed by atoms with E-state index in [1.807, 2.05) is 6.07 Å². The Morgan fingerprint density at radius 1 is 1.28 bits per heavy atom. The molecule has 0 saturated heterocycles. The van der Waals surface area contributed by atoms with Crippen LogP contribution in [0.25, 0.3) is 11.1 Å². The van der Waals surface area contributed by atoms with Crippen LogP contribution in [-0.2, 0) is 4.79 Å². The monoisotopic (exact) mass is 337 g/mol. The van der Waals surface area contributed by atoms with Crippen molar-refractivity contribution in [3.05, 3.63) is 59.7 Å². The summed E-state index contributed by atoms with van der Waals surface area (Å²) in [7, 11) is 0. The van der Waals surface area contributed by atoms with E-state index in [0.717, 1.165) is 6.07 Å². The second-order valence-electron chi connectivity index (χ2n) is 5.32. The van der Waals surface area contributed by atoms with Gasteiger partial charge in [-0.05, 0) is 30.3 Å². The molecule has 0 saturated carbocycles. The first-order valence-corrected chi connectivity index (χ1v) is 7.36. The third kappa shape index (κ3) is 3.23. The molecule has 0 spiro atoms. The smallest absolute Gasteiger partial charge is 0.221 e. The number of amides is 1. The van der Waals surface area contributed by atoms with Crippen molar-refractivity contribution in [2.45, 2.75) is 12.8 Å². The SMILES string of the molecule is CC(=O)Nc1cc(C(=O)[C@H](C#N)c2nc3ccccc3o2)ccc1F. The van der Waals surface area contributed by atoms with Crippen LogP contribution in [-0.4, -0.2) is 16.7 Å². The Bertz CT molecular complexity index is 987. The lowest BCUT2D eigenvalue weighted by Gasteiger charge is -2.08. The maximum Gasteiger partial charge on any atom is 0.221 e. The lowest BCUT2D eigenvalue weighted by atomic mass is 9.98. The fraction of sp³-hybridized carbons (Fsp3) is 0.111. The number of nitriles is 1. The molecule has 1 atom stereocenters. The molecule has 0 aliphatic rings. The van der Waals surface area contributed by atoms with Gasteiger partial charge in [-0.25, -0.2) is 9.37 Å². The molecule has 6 nitrogen and oxygen atoms in total. The predicted octanol–water partition coefficient (Wildman–Crippen LogP) is 3.42. The number of carbonyl (C=O) groups excluding carboxylic acids is 2. The van der Waals surface area contributed by atoms with Crippen LogP contribution in [0.1, 0.15) is 29.1 Å². The molecule has 2 aromatic carbocycles. The molecule has 3 aromatic rings. The number of para-hydroxylation sites is 2. The van der Waals surface area contributed by atoms with Gasteiger partial charge in [0.2, 0.25) is 11.8 Å². The van der Waals surface area contributed by atoms with Gasteiger partial charge in [0.05, 0.1) is 11.8 Å². The zero-order valence-electron chi connectivity index (χ0n) is 13.1. The van der Waals surface area contributed by atoms with Gasteiger partial charge in [-0.3, -0.25) is 9.59 Å². The number of nitrogens with zero attached hydrogens (tertiary/aromatic N) is 2. The molecule has 0 fully saturated rings. The average Bonchev–Trinajstić information content (AvgIpc) is 3.00. The van der Waals surface area contributed by atoms with E-state index in [9.17, 15) is 19.2 Å². The summed E-state index contributed by atoms with van der Waals surface area (Å²) in [6.07, 6.45) is 0. The van der Waals surface area contributed by atoms with Crippen LogP contribution >= 0.6 is 0 Å². The van der Waals surface area contributed by atoms with Crippen molar-refractivity contribution in [3.63, 3.8) is 0 Å². The molecule has 0 aliphatic heterocycles. The van der Waals surface area contributed by atoms with Crippen LogP contribution in [0.5, 0.6) is 0 Å². The number of halogens is 1. The molecule has 1 N–H and O–H groups in total. The Morgan fingerprint density at radius 2 is 2.04 bits per heavy atom. The van der Waals surface area contributed by atoms with Crippen molar-refractivity contribution >= 4 is 28.5 Å². The zero-order valence-corrected chi connectivity index (χ0v) is 13.1. The zero-order chi connectivity index (χ0) is 18.0. The number of nitrogens with one attached hydrogen (secondary N) is 1. The highest BCUT2D eigenvalue weighted by atomic mass is 19.1. The second kappa shape index (κ2) is 6.53. The summed E-state index contributed by atoms with van der Waals surface area (Å²) in [6, 6.07) is 12.2. The number of carbonyl (C=O) groups is 2. The number of aromatic nitrogens is 1. The summed E-state index contributed by atoms with van der Waals surface area (Å²) in [5, 5.41) is 11.7. The van der Waals surface area contributed by atoms with E-state index in [1.54, 1.807) is 24.3 Å². The fourth-order valence-electron chi connectivity index (χ4n) is 2.37. The van der Waals surface area contributed by atoms with Crippen molar-refractivity contribution in [2.24, 2.45) is 0 Å². The quantitative estimate of drug-likeness (QED) is 0.736. The van der Waals surface area contributed by atoms with Gasteiger partial charge >= 0.3 is 0 Å². The third-order valence-electron chi connectivity index (χ3n) is 3.51. The largest absolute Gasteiger partial charge is 0.439 e. The molecule has 1 heterocycles. The number of rotatable bonds is 4. The molecule has 25 heavy (non-hydrogen) atoms. The summed E-state index contributed by atoms with van der Waals surface area (Å²) >= 11 is 0. The Labute approximate surface area is 141 Å². The first-order chi connectivity index (χ1) is 12.0. The van der Waals surface area contributed by atoms with Crippen LogP contribution in [0.4, 0.5) is 10.1 Å². The molecule has 7 heteroatoms. The Morgan fingerprint density at radius 3 is 2.72 bits per heavy atom. The molecule has 0 unspecified atom stereocenters. The summed E-state index contributed by atoms with van der Waals surface area (Å²) in [5.41, 5.74) is 0.929. The maximum atomic E-state index is 13.7. The Balaban J connectivity index is 1.97. The fourth-order valence-corrected chi connectivity index (χ4v) is 2.37. The van der Waals surface area contributed by atoms with E-state index < -0.39 is 23.4 Å². The van der Waals surface area contributed by atoms with Crippen LogP contribution in [0.3, 0.4) is 0 Å². The highest BCUT2D eigenvalue weighted by molar-refractivity contribution is 6.03. The van der Waals surface area contributed by atoms with Gasteiger partial charge in [0, 0.05) is 12.5 Å². The molecule has 1 amide bonds. The minimum atomic E-state index is -1.27. The minimum absolute atomic E-state index is 0.0286. The van der Waals surface area contributed by atoms with Crippen LogP contribution in [0, 0.1) is 17.1 Å². The van der Waals surface area contributed by atoms with Gasteiger partial charge in [0.1, 0.15) is 11.3 Å². The molecule has 0 radical (unpaired) electrons. The predicted molar refractivity (Wildman–Crippen MR) is 87.4 cm³/mol. The Hall–Kier alpha value is -3.53. The summed E-state index contributed by atoms with van der Waals surface area (Å²) in [6.45, 7) is 1.23. The standard InChI is InChI=1S/C18H12FN3O3/c1-10(23)21-15-8-11(6-7-13(15)19)17(24)12(9-20)18-22-14-4-2-3-5-16(14)25-18/h2-8,12H,1H3,(H,21,23)/t12-/m0/s1. The summed E-state index contributed by atoms with van der Waals surface area (Å²) in [5.74, 6) is -3.05. The first kappa shape index (κ1) is 16.3. The number of Topliss-reactive ketones (excluding diaryl/α,β-unsaturated/α-hetero) is 1. The summed E-state index contributed by atoms with van der Waals surface area (Å²) < 4.78 is 19.2. The van der Waals surface area contributed by atoms with Gasteiger partial charge in [0.15, 0.2) is 17.3 Å². The molecule has 124 valence electrons. The third-order valence-corrected chi connectivity index (χ3v) is 3.51. The lowest BCUT2D eigenvalue weighted by molar-refractivity contribution is -0.114. The number of hydrogen-bond donors (Lipinski definition) is 1. The van der Waals surface area contributed by atoms with Gasteiger partial charge in [-0.2, -0.15) is 5.26 Å². The highest BCUT2D eigenvalue weighted by Crippen LogP contribution is 2.26. The van der Waals surface area contributed by atoms with Gasteiger partial charge in [0.25, 0.3) is 0 Å². The van der Waals surface area contributed by atoms with Gasteiger partial charge in [-0.1, -0.05) is 12.1 Å². The number of benzene rings is 2. The maximum absolute atomic E-state index is 13.7. The highest BCUT2D eigenvalue weighted by Gasteiger charge is 2.27. The molecule has 0 aliphatic carbocycles. The van der Waals surface area contributed by atoms with Crippen LogP contribution in [0.2, 0.25) is 0 Å². The van der Waals surface area contributed by atoms with E-state index in [0.29, 0.717) is 11.1 Å². The van der Waals surface area contributed by atoms with Gasteiger partial charge in [-0.15, -0.1) is 0 Å². The van der Waals surface area contributed by atoms with E-state index in [4.69, 9.17) is 4.42 Å². The van der Waals surface area contributed by atoms with E-state index in [2.05, 4.69) is 10.3 Å². The molecule has 3 rings (SSSR count). The van der Waals surface area contributed by atoms with Crippen molar-refractivity contribution < 1.29 is 18.4 Å². The molecular weight excluding hydrogens is 325 g/mol. The molecule has 0 bridgehead atoms. The van der Waals surface area contributed by atoms with Crippen molar-refractivity contribution in [1.29, 1.82) is 5.26 Å². The molecule has 1 aromatic heterocycles. The van der Waals surface area contributed by atoms with Gasteiger partial charge < -0.3 is 9.73 Å². The Kier molecular flexibility index (Phi) is 4.27.